The Morgan fingerprint density at radius 1 is 1.26 bits per heavy atom. The van der Waals surface area contributed by atoms with Gasteiger partial charge in [0.2, 0.25) is 0 Å². The Kier molecular flexibility index (Phi) is 9.75. The van der Waals surface area contributed by atoms with Crippen molar-refractivity contribution in [3.05, 3.63) is 29.3 Å². The highest BCUT2D eigenvalue weighted by Crippen LogP contribution is 2.30. The monoisotopic (exact) mass is 373 g/mol. The molecule has 1 atom stereocenters. The van der Waals surface area contributed by atoms with Crippen LogP contribution in [0.3, 0.4) is 0 Å². The van der Waals surface area contributed by atoms with Crippen LogP contribution in [-0.4, -0.2) is 24.3 Å². The van der Waals surface area contributed by atoms with E-state index in [0.29, 0.717) is 18.4 Å². The molecule has 0 aliphatic heterocycles. The average Bonchev–Trinajstić information content (AvgIpc) is 2.68. The van der Waals surface area contributed by atoms with E-state index in [2.05, 4.69) is 38.2 Å². The lowest BCUT2D eigenvalue weighted by atomic mass is 9.87. The Balaban J connectivity index is 1.90. The number of hydrogen-bond donors (Lipinski definition) is 2. The lowest BCUT2D eigenvalue weighted by Gasteiger charge is -2.21. The number of rotatable bonds is 11. The molecule has 3 heteroatoms. The van der Waals surface area contributed by atoms with E-state index in [9.17, 15) is 5.11 Å². The molecule has 2 N–H and O–H groups in total. The van der Waals surface area contributed by atoms with Gasteiger partial charge in [-0.25, -0.2) is 0 Å². The Bertz CT molecular complexity index is 576. The van der Waals surface area contributed by atoms with E-state index in [1.807, 2.05) is 12.1 Å². The van der Waals surface area contributed by atoms with Crippen LogP contribution in [0.15, 0.2) is 23.8 Å². The van der Waals surface area contributed by atoms with E-state index in [1.165, 1.54) is 37.7 Å². The number of phenolic OH excluding ortho intramolecular Hbond substituents is 1. The highest BCUT2D eigenvalue weighted by molar-refractivity contribution is 5.58. The van der Waals surface area contributed by atoms with Crippen molar-refractivity contribution in [3.8, 4) is 11.5 Å². The summed E-state index contributed by atoms with van der Waals surface area (Å²) in [6.45, 7) is 8.23. The van der Waals surface area contributed by atoms with Crippen molar-refractivity contribution in [3.63, 3.8) is 0 Å². The Labute approximate surface area is 166 Å². The third-order valence-corrected chi connectivity index (χ3v) is 5.72. The van der Waals surface area contributed by atoms with Crippen LogP contribution in [0.1, 0.15) is 84.1 Å². The van der Waals surface area contributed by atoms with Crippen molar-refractivity contribution >= 4 is 6.08 Å². The van der Waals surface area contributed by atoms with Gasteiger partial charge in [-0.2, -0.15) is 0 Å². The van der Waals surface area contributed by atoms with Crippen LogP contribution in [0.5, 0.6) is 11.5 Å². The topological polar surface area (TPSA) is 41.5 Å². The van der Waals surface area contributed by atoms with Gasteiger partial charge in [-0.05, 0) is 49.8 Å². The van der Waals surface area contributed by atoms with Crippen molar-refractivity contribution in [2.24, 2.45) is 5.92 Å². The summed E-state index contributed by atoms with van der Waals surface area (Å²) in [5.41, 5.74) is 2.42. The number of hydrogen-bond acceptors (Lipinski definition) is 3. The third kappa shape index (κ3) is 7.96. The number of benzene rings is 1. The molecule has 1 aliphatic carbocycles. The molecule has 3 nitrogen and oxygen atoms in total. The summed E-state index contributed by atoms with van der Waals surface area (Å²) in [7, 11) is 0. The summed E-state index contributed by atoms with van der Waals surface area (Å²) < 4.78 is 5.86. The Hall–Kier alpha value is -1.48. The van der Waals surface area contributed by atoms with E-state index in [1.54, 1.807) is 0 Å². The van der Waals surface area contributed by atoms with Gasteiger partial charge in [0.05, 0.1) is 6.61 Å². The van der Waals surface area contributed by atoms with Crippen molar-refractivity contribution in [2.45, 2.75) is 84.6 Å². The normalized spacial score (nSPS) is 17.1. The smallest absolute Gasteiger partial charge is 0.160 e. The summed E-state index contributed by atoms with van der Waals surface area (Å²) in [5, 5.41) is 13.9. The summed E-state index contributed by atoms with van der Waals surface area (Å²) in [5.74, 6) is 1.66. The zero-order chi connectivity index (χ0) is 19.5. The number of nitrogens with one attached hydrogen (secondary N) is 1. The maximum absolute atomic E-state index is 10.4. The van der Waals surface area contributed by atoms with E-state index < -0.39 is 0 Å². The van der Waals surface area contributed by atoms with Gasteiger partial charge in [0.1, 0.15) is 0 Å². The molecule has 1 aliphatic rings. The van der Waals surface area contributed by atoms with Crippen LogP contribution in [0.4, 0.5) is 0 Å². The van der Waals surface area contributed by atoms with Gasteiger partial charge in [0.25, 0.3) is 0 Å². The summed E-state index contributed by atoms with van der Waals surface area (Å²) >= 11 is 0. The van der Waals surface area contributed by atoms with Gasteiger partial charge >= 0.3 is 0 Å². The van der Waals surface area contributed by atoms with E-state index in [0.717, 1.165) is 43.7 Å². The average molecular weight is 374 g/mol. The van der Waals surface area contributed by atoms with E-state index in [-0.39, 0.29) is 5.75 Å². The Morgan fingerprint density at radius 3 is 2.70 bits per heavy atom. The summed E-state index contributed by atoms with van der Waals surface area (Å²) in [4.78, 5) is 0. The van der Waals surface area contributed by atoms with Crippen LogP contribution < -0.4 is 10.1 Å². The fraction of sp³-hybridized carbons (Fsp3) is 0.667. The van der Waals surface area contributed by atoms with Gasteiger partial charge in [-0.3, -0.25) is 0 Å². The third-order valence-electron chi connectivity index (χ3n) is 5.72. The van der Waals surface area contributed by atoms with Crippen molar-refractivity contribution in [2.75, 3.05) is 13.2 Å². The molecule has 1 unspecified atom stereocenters. The molecule has 0 saturated heterocycles. The van der Waals surface area contributed by atoms with E-state index >= 15 is 0 Å². The predicted octanol–water partition coefficient (Wildman–Crippen LogP) is 6.31. The number of ether oxygens (including phenoxy) is 1. The first-order chi connectivity index (χ1) is 13.1. The van der Waals surface area contributed by atoms with Gasteiger partial charge in [0.15, 0.2) is 11.5 Å². The second-order valence-corrected chi connectivity index (χ2v) is 8.11. The van der Waals surface area contributed by atoms with Crippen molar-refractivity contribution in [1.29, 1.82) is 0 Å². The van der Waals surface area contributed by atoms with Crippen molar-refractivity contribution < 1.29 is 9.84 Å². The maximum Gasteiger partial charge on any atom is 0.160 e. The zero-order valence-electron chi connectivity index (χ0n) is 17.6. The van der Waals surface area contributed by atoms with Crippen LogP contribution in [-0.2, 0) is 0 Å². The van der Waals surface area contributed by atoms with Crippen LogP contribution >= 0.6 is 0 Å². The molecule has 1 fully saturated rings. The molecule has 0 amide bonds. The molecular weight excluding hydrogens is 334 g/mol. The first-order valence-corrected chi connectivity index (χ1v) is 11.0. The molecule has 1 aromatic carbocycles. The fourth-order valence-electron chi connectivity index (χ4n) is 3.78. The molecule has 2 rings (SSSR count). The fourth-order valence-corrected chi connectivity index (χ4v) is 3.78. The van der Waals surface area contributed by atoms with Gasteiger partial charge < -0.3 is 15.2 Å². The number of phenols is 1. The molecule has 0 heterocycles. The molecule has 0 aromatic heterocycles. The van der Waals surface area contributed by atoms with E-state index in [4.69, 9.17) is 4.74 Å². The standard InChI is InChI=1S/C24H39NO2/c1-4-9-22(18-25-19(3)5-2)16-21-12-13-24(23(26)17-21)27-15-14-20-10-7-6-8-11-20/h12-13,16-17,19-20,25-26H,4-11,14-15,18H2,1-3H3/b22-16+. The van der Waals surface area contributed by atoms with Gasteiger partial charge in [-0.1, -0.05) is 70.1 Å². The molecular formula is C24H39NO2. The second kappa shape index (κ2) is 12.1. The predicted molar refractivity (Wildman–Crippen MR) is 115 cm³/mol. The van der Waals surface area contributed by atoms with Crippen LogP contribution in [0, 0.1) is 5.92 Å². The lowest BCUT2D eigenvalue weighted by molar-refractivity contribution is 0.239. The largest absolute Gasteiger partial charge is 0.504 e. The van der Waals surface area contributed by atoms with Crippen molar-refractivity contribution in [1.82, 2.24) is 5.32 Å². The first-order valence-electron chi connectivity index (χ1n) is 11.0. The molecule has 0 bridgehead atoms. The minimum absolute atomic E-state index is 0.248. The summed E-state index contributed by atoms with van der Waals surface area (Å²) in [6, 6.07) is 6.32. The molecule has 0 radical (unpaired) electrons. The van der Waals surface area contributed by atoms with Crippen LogP contribution in [0.2, 0.25) is 0 Å². The molecule has 1 aromatic rings. The molecule has 1 saturated carbocycles. The minimum Gasteiger partial charge on any atom is -0.504 e. The molecule has 27 heavy (non-hydrogen) atoms. The summed E-state index contributed by atoms with van der Waals surface area (Å²) in [6.07, 6.45) is 13.4. The Morgan fingerprint density at radius 2 is 2.04 bits per heavy atom. The maximum atomic E-state index is 10.4. The quantitative estimate of drug-likeness (QED) is 0.477. The SMILES string of the molecule is CCC/C(=C\c1ccc(OCCC2CCCCC2)c(O)c1)CNC(C)CC. The molecule has 0 spiro atoms. The highest BCUT2D eigenvalue weighted by atomic mass is 16.5. The molecule has 152 valence electrons. The highest BCUT2D eigenvalue weighted by Gasteiger charge is 2.13. The second-order valence-electron chi connectivity index (χ2n) is 8.11. The minimum atomic E-state index is 0.248. The zero-order valence-corrected chi connectivity index (χ0v) is 17.6. The van der Waals surface area contributed by atoms with Gasteiger partial charge in [-0.15, -0.1) is 0 Å². The van der Waals surface area contributed by atoms with Crippen LogP contribution in [0.25, 0.3) is 6.08 Å². The van der Waals surface area contributed by atoms with Gasteiger partial charge in [0, 0.05) is 12.6 Å². The number of aromatic hydroxyl groups is 1. The lowest BCUT2D eigenvalue weighted by Crippen LogP contribution is -2.27. The first kappa shape index (κ1) is 21.8.